The standard InChI is InChI=1S/C11H10BrNO2/c1-6-2-10-8(4-9(6)12)7(5-13-10)3-11(14)15/h2,4-5,13H,3H2,1H3,(H,14,15). The molecule has 0 unspecified atom stereocenters. The van der Waals surface area contributed by atoms with Crippen LogP contribution >= 0.6 is 15.9 Å². The summed E-state index contributed by atoms with van der Waals surface area (Å²) in [7, 11) is 0. The molecule has 0 atom stereocenters. The van der Waals surface area contributed by atoms with Gasteiger partial charge in [0.2, 0.25) is 0 Å². The quantitative estimate of drug-likeness (QED) is 0.879. The van der Waals surface area contributed by atoms with Gasteiger partial charge in [-0.25, -0.2) is 0 Å². The first-order valence-electron chi connectivity index (χ1n) is 4.56. The number of carbonyl (C=O) groups is 1. The molecule has 0 aliphatic heterocycles. The molecule has 1 aromatic heterocycles. The monoisotopic (exact) mass is 267 g/mol. The minimum atomic E-state index is -0.812. The predicted molar refractivity (Wildman–Crippen MR) is 62.1 cm³/mol. The van der Waals surface area contributed by atoms with E-state index in [4.69, 9.17) is 5.11 Å². The molecule has 0 saturated carbocycles. The minimum absolute atomic E-state index is 0.0511. The number of benzene rings is 1. The third-order valence-corrected chi connectivity index (χ3v) is 3.24. The molecule has 2 aromatic rings. The van der Waals surface area contributed by atoms with Gasteiger partial charge in [-0.2, -0.15) is 0 Å². The number of aliphatic carboxylic acids is 1. The van der Waals surface area contributed by atoms with Crippen LogP contribution in [0.25, 0.3) is 10.9 Å². The Hall–Kier alpha value is -1.29. The number of H-pyrrole nitrogens is 1. The summed E-state index contributed by atoms with van der Waals surface area (Å²) < 4.78 is 1.00. The molecule has 4 heteroatoms. The van der Waals surface area contributed by atoms with E-state index in [1.807, 2.05) is 19.1 Å². The van der Waals surface area contributed by atoms with Crippen molar-refractivity contribution in [3.05, 3.63) is 33.9 Å². The number of carboxylic acids is 1. The van der Waals surface area contributed by atoms with E-state index >= 15 is 0 Å². The van der Waals surface area contributed by atoms with Crippen LogP contribution in [0.1, 0.15) is 11.1 Å². The van der Waals surface area contributed by atoms with Gasteiger partial charge >= 0.3 is 5.97 Å². The zero-order valence-corrected chi connectivity index (χ0v) is 9.76. The molecule has 2 rings (SSSR count). The number of rotatable bonds is 2. The van der Waals surface area contributed by atoms with Gasteiger partial charge in [-0.1, -0.05) is 15.9 Å². The van der Waals surface area contributed by atoms with Crippen LogP contribution in [0.5, 0.6) is 0 Å². The van der Waals surface area contributed by atoms with Gasteiger partial charge in [-0.15, -0.1) is 0 Å². The molecule has 15 heavy (non-hydrogen) atoms. The average molecular weight is 268 g/mol. The highest BCUT2D eigenvalue weighted by Crippen LogP contribution is 2.26. The molecule has 0 spiro atoms. The van der Waals surface area contributed by atoms with Crippen LogP contribution in [0.15, 0.2) is 22.8 Å². The van der Waals surface area contributed by atoms with Gasteiger partial charge < -0.3 is 10.1 Å². The third-order valence-electron chi connectivity index (χ3n) is 2.39. The second kappa shape index (κ2) is 3.70. The maximum absolute atomic E-state index is 10.6. The summed E-state index contributed by atoms with van der Waals surface area (Å²) in [5, 5.41) is 9.71. The summed E-state index contributed by atoms with van der Waals surface area (Å²) in [5.41, 5.74) is 2.93. The average Bonchev–Trinajstić information content (AvgIpc) is 2.49. The largest absolute Gasteiger partial charge is 0.481 e. The smallest absolute Gasteiger partial charge is 0.307 e. The zero-order chi connectivity index (χ0) is 11.0. The number of aryl methyl sites for hydroxylation is 1. The molecular weight excluding hydrogens is 258 g/mol. The molecule has 0 aliphatic carbocycles. The van der Waals surface area contributed by atoms with Crippen molar-refractivity contribution in [2.45, 2.75) is 13.3 Å². The van der Waals surface area contributed by atoms with E-state index in [1.54, 1.807) is 6.20 Å². The fourth-order valence-electron chi connectivity index (χ4n) is 1.62. The van der Waals surface area contributed by atoms with Gasteiger partial charge in [0.15, 0.2) is 0 Å². The number of carboxylic acid groups (broad SMARTS) is 1. The molecule has 1 aromatic carbocycles. The lowest BCUT2D eigenvalue weighted by molar-refractivity contribution is -0.136. The second-order valence-electron chi connectivity index (χ2n) is 3.53. The Labute approximate surface area is 95.2 Å². The number of aromatic amines is 1. The Morgan fingerprint density at radius 2 is 2.27 bits per heavy atom. The van der Waals surface area contributed by atoms with Crippen LogP contribution in [0, 0.1) is 6.92 Å². The lowest BCUT2D eigenvalue weighted by Crippen LogP contribution is -1.98. The fourth-order valence-corrected chi connectivity index (χ4v) is 1.96. The van der Waals surface area contributed by atoms with Crippen molar-refractivity contribution in [2.75, 3.05) is 0 Å². The van der Waals surface area contributed by atoms with E-state index in [2.05, 4.69) is 20.9 Å². The molecule has 0 amide bonds. The van der Waals surface area contributed by atoms with Gasteiger partial charge in [0.05, 0.1) is 6.42 Å². The Kier molecular flexibility index (Phi) is 2.52. The van der Waals surface area contributed by atoms with E-state index in [0.29, 0.717) is 0 Å². The number of nitrogens with one attached hydrogen (secondary N) is 1. The van der Waals surface area contributed by atoms with E-state index in [9.17, 15) is 4.79 Å². The molecule has 78 valence electrons. The van der Waals surface area contributed by atoms with Crippen molar-refractivity contribution in [1.82, 2.24) is 4.98 Å². The van der Waals surface area contributed by atoms with E-state index < -0.39 is 5.97 Å². The van der Waals surface area contributed by atoms with E-state index in [1.165, 1.54) is 0 Å². The maximum Gasteiger partial charge on any atom is 0.307 e. The lowest BCUT2D eigenvalue weighted by Gasteiger charge is -1.99. The van der Waals surface area contributed by atoms with Crippen LogP contribution in [-0.4, -0.2) is 16.1 Å². The second-order valence-corrected chi connectivity index (χ2v) is 4.39. The molecule has 0 saturated heterocycles. The fraction of sp³-hybridized carbons (Fsp3) is 0.182. The van der Waals surface area contributed by atoms with Crippen LogP contribution < -0.4 is 0 Å². The lowest BCUT2D eigenvalue weighted by atomic mass is 10.1. The summed E-state index contributed by atoms with van der Waals surface area (Å²) in [4.78, 5) is 13.7. The summed E-state index contributed by atoms with van der Waals surface area (Å²) >= 11 is 3.44. The zero-order valence-electron chi connectivity index (χ0n) is 8.17. The van der Waals surface area contributed by atoms with Crippen LogP contribution in [-0.2, 0) is 11.2 Å². The van der Waals surface area contributed by atoms with Crippen molar-refractivity contribution in [1.29, 1.82) is 0 Å². The highest BCUT2D eigenvalue weighted by atomic mass is 79.9. The number of halogens is 1. The predicted octanol–water partition coefficient (Wildman–Crippen LogP) is 2.87. The van der Waals surface area contributed by atoms with Crippen LogP contribution in [0.4, 0.5) is 0 Å². The van der Waals surface area contributed by atoms with Gasteiger partial charge in [-0.05, 0) is 30.2 Å². The van der Waals surface area contributed by atoms with Gasteiger partial charge in [-0.3, -0.25) is 4.79 Å². The molecule has 0 radical (unpaired) electrons. The van der Waals surface area contributed by atoms with Crippen molar-refractivity contribution in [2.24, 2.45) is 0 Å². The topological polar surface area (TPSA) is 53.1 Å². The van der Waals surface area contributed by atoms with Crippen LogP contribution in [0.2, 0.25) is 0 Å². The molecule has 0 bridgehead atoms. The van der Waals surface area contributed by atoms with Crippen molar-refractivity contribution >= 4 is 32.8 Å². The molecule has 1 heterocycles. The van der Waals surface area contributed by atoms with Gasteiger partial charge in [0.1, 0.15) is 0 Å². The van der Waals surface area contributed by atoms with Crippen molar-refractivity contribution < 1.29 is 9.90 Å². The van der Waals surface area contributed by atoms with Crippen LogP contribution in [0.3, 0.4) is 0 Å². The van der Waals surface area contributed by atoms with Gasteiger partial charge in [0.25, 0.3) is 0 Å². The normalized spacial score (nSPS) is 10.8. The maximum atomic E-state index is 10.6. The van der Waals surface area contributed by atoms with E-state index in [-0.39, 0.29) is 6.42 Å². The first-order valence-corrected chi connectivity index (χ1v) is 5.35. The Bertz CT molecular complexity index is 531. The minimum Gasteiger partial charge on any atom is -0.481 e. The highest BCUT2D eigenvalue weighted by Gasteiger charge is 2.08. The summed E-state index contributed by atoms with van der Waals surface area (Å²) in [5.74, 6) is -0.812. The Morgan fingerprint density at radius 1 is 1.53 bits per heavy atom. The summed E-state index contributed by atoms with van der Waals surface area (Å²) in [6.45, 7) is 2.00. The third kappa shape index (κ3) is 1.90. The van der Waals surface area contributed by atoms with Crippen molar-refractivity contribution in [3.63, 3.8) is 0 Å². The number of aromatic nitrogens is 1. The molecule has 3 nitrogen and oxygen atoms in total. The van der Waals surface area contributed by atoms with Gasteiger partial charge in [0, 0.05) is 21.6 Å². The van der Waals surface area contributed by atoms with Crippen molar-refractivity contribution in [3.8, 4) is 0 Å². The highest BCUT2D eigenvalue weighted by molar-refractivity contribution is 9.10. The Balaban J connectivity index is 2.59. The molecule has 0 aliphatic rings. The molecular formula is C11H10BrNO2. The summed E-state index contributed by atoms with van der Waals surface area (Å²) in [6.07, 6.45) is 1.81. The summed E-state index contributed by atoms with van der Waals surface area (Å²) in [6, 6.07) is 3.96. The van der Waals surface area contributed by atoms with E-state index in [0.717, 1.165) is 26.5 Å². The first-order chi connectivity index (χ1) is 7.08. The number of hydrogen-bond donors (Lipinski definition) is 2. The molecule has 2 N–H and O–H groups in total. The number of hydrogen-bond acceptors (Lipinski definition) is 1. The SMILES string of the molecule is Cc1cc2[nH]cc(CC(=O)O)c2cc1Br. The first kappa shape index (κ1) is 10.2. The molecule has 0 fully saturated rings. The Morgan fingerprint density at radius 3 is 2.93 bits per heavy atom. The number of fused-ring (bicyclic) bond motifs is 1.